The first-order valence-electron chi connectivity index (χ1n) is 9.10. The molecule has 1 unspecified atom stereocenters. The SMILES string of the molecule is CS(=O)(=O)Nc1ccc(NC(=O)CSC(c2ccccc2)c2ccc(Cl)cc2)cc1. The molecule has 5 nitrogen and oxygen atoms in total. The van der Waals surface area contributed by atoms with Crippen molar-refractivity contribution in [2.24, 2.45) is 0 Å². The molecule has 8 heteroatoms. The Hall–Kier alpha value is -2.48. The number of hydrogen-bond acceptors (Lipinski definition) is 4. The molecule has 0 fully saturated rings. The lowest BCUT2D eigenvalue weighted by Crippen LogP contribution is -2.15. The number of hydrogen-bond donors (Lipinski definition) is 2. The number of nitrogens with one attached hydrogen (secondary N) is 2. The molecule has 0 aliphatic rings. The molecule has 0 aromatic heterocycles. The number of amides is 1. The summed E-state index contributed by atoms with van der Waals surface area (Å²) in [6.45, 7) is 0. The van der Waals surface area contributed by atoms with Crippen LogP contribution in [-0.2, 0) is 14.8 Å². The van der Waals surface area contributed by atoms with E-state index in [0.29, 0.717) is 16.4 Å². The number of thioether (sulfide) groups is 1. The Morgan fingerprint density at radius 1 is 0.900 bits per heavy atom. The Labute approximate surface area is 185 Å². The van der Waals surface area contributed by atoms with Gasteiger partial charge < -0.3 is 5.32 Å². The van der Waals surface area contributed by atoms with Crippen molar-refractivity contribution in [3.63, 3.8) is 0 Å². The van der Waals surface area contributed by atoms with Crippen molar-refractivity contribution in [3.8, 4) is 0 Å². The maximum absolute atomic E-state index is 12.5. The number of benzene rings is 3. The van der Waals surface area contributed by atoms with Gasteiger partial charge in [-0.2, -0.15) is 0 Å². The van der Waals surface area contributed by atoms with Gasteiger partial charge in [0.2, 0.25) is 15.9 Å². The molecule has 156 valence electrons. The zero-order chi connectivity index (χ0) is 21.6. The molecule has 0 saturated carbocycles. The van der Waals surface area contributed by atoms with Crippen molar-refractivity contribution in [1.82, 2.24) is 0 Å². The van der Waals surface area contributed by atoms with E-state index in [4.69, 9.17) is 11.6 Å². The molecular weight excluding hydrogens is 440 g/mol. The summed E-state index contributed by atoms with van der Waals surface area (Å²) < 4.78 is 24.9. The minimum absolute atomic E-state index is 0.00412. The Balaban J connectivity index is 1.65. The van der Waals surface area contributed by atoms with Gasteiger partial charge in [0.25, 0.3) is 0 Å². The number of carbonyl (C=O) groups excluding carboxylic acids is 1. The quantitative estimate of drug-likeness (QED) is 0.486. The standard InChI is InChI=1S/C22H21ClN2O3S2/c1-30(27,28)25-20-13-11-19(12-14-20)24-21(26)15-29-22(16-5-3-2-4-6-16)17-7-9-18(23)10-8-17/h2-14,22,25H,15H2,1H3,(H,24,26). The molecule has 3 aromatic rings. The summed E-state index contributed by atoms with van der Waals surface area (Å²) in [5.74, 6) is 0.115. The average molecular weight is 461 g/mol. The van der Waals surface area contributed by atoms with Crippen molar-refractivity contribution in [2.75, 3.05) is 22.0 Å². The summed E-state index contributed by atoms with van der Waals surface area (Å²) in [4.78, 5) is 12.5. The van der Waals surface area contributed by atoms with Crippen LogP contribution in [0.5, 0.6) is 0 Å². The van der Waals surface area contributed by atoms with Crippen molar-refractivity contribution in [3.05, 3.63) is 95.0 Å². The van der Waals surface area contributed by atoms with Crippen LogP contribution in [0.3, 0.4) is 0 Å². The van der Waals surface area contributed by atoms with E-state index in [1.54, 1.807) is 24.3 Å². The summed E-state index contributed by atoms with van der Waals surface area (Å²) in [6, 6.07) is 24.1. The third-order valence-electron chi connectivity index (χ3n) is 4.13. The lowest BCUT2D eigenvalue weighted by atomic mass is 10.0. The molecular formula is C22H21ClN2O3S2. The van der Waals surface area contributed by atoms with Gasteiger partial charge in [-0.3, -0.25) is 9.52 Å². The van der Waals surface area contributed by atoms with Crippen LogP contribution in [0.2, 0.25) is 5.02 Å². The molecule has 0 saturated heterocycles. The van der Waals surface area contributed by atoms with Crippen LogP contribution in [0.25, 0.3) is 0 Å². The second kappa shape index (κ2) is 10.0. The Morgan fingerprint density at radius 3 is 2.07 bits per heavy atom. The van der Waals surface area contributed by atoms with Crippen molar-refractivity contribution < 1.29 is 13.2 Å². The van der Waals surface area contributed by atoms with Gasteiger partial charge in [-0.15, -0.1) is 11.8 Å². The molecule has 0 spiro atoms. The fraction of sp³-hybridized carbons (Fsp3) is 0.136. The smallest absolute Gasteiger partial charge is 0.234 e. The summed E-state index contributed by atoms with van der Waals surface area (Å²) >= 11 is 7.54. The molecule has 0 bridgehead atoms. The second-order valence-corrected chi connectivity index (χ2v) is 9.93. The maximum Gasteiger partial charge on any atom is 0.234 e. The molecule has 0 aliphatic heterocycles. The van der Waals surface area contributed by atoms with Crippen molar-refractivity contribution in [2.45, 2.75) is 5.25 Å². The van der Waals surface area contributed by atoms with E-state index in [2.05, 4.69) is 10.0 Å². The first kappa shape index (κ1) is 22.2. The van der Waals surface area contributed by atoms with Crippen LogP contribution < -0.4 is 10.0 Å². The fourth-order valence-electron chi connectivity index (χ4n) is 2.84. The van der Waals surface area contributed by atoms with Gasteiger partial charge in [0.1, 0.15) is 0 Å². The first-order valence-corrected chi connectivity index (χ1v) is 12.4. The summed E-state index contributed by atoms with van der Waals surface area (Å²) in [6.07, 6.45) is 1.09. The number of sulfonamides is 1. The lowest BCUT2D eigenvalue weighted by Gasteiger charge is -2.18. The molecule has 0 heterocycles. The van der Waals surface area contributed by atoms with Crippen LogP contribution in [-0.4, -0.2) is 26.3 Å². The topological polar surface area (TPSA) is 75.3 Å². The van der Waals surface area contributed by atoms with E-state index in [9.17, 15) is 13.2 Å². The van der Waals surface area contributed by atoms with E-state index in [0.717, 1.165) is 17.4 Å². The predicted octanol–water partition coefficient (Wildman–Crippen LogP) is 5.17. The molecule has 0 aliphatic carbocycles. The van der Waals surface area contributed by atoms with E-state index >= 15 is 0 Å². The minimum Gasteiger partial charge on any atom is -0.325 e. The monoisotopic (exact) mass is 460 g/mol. The Bertz CT molecular complexity index is 1090. The Morgan fingerprint density at radius 2 is 1.47 bits per heavy atom. The first-order chi connectivity index (χ1) is 14.3. The third-order valence-corrected chi connectivity index (χ3v) is 6.29. The summed E-state index contributed by atoms with van der Waals surface area (Å²) in [7, 11) is -3.34. The lowest BCUT2D eigenvalue weighted by molar-refractivity contribution is -0.113. The zero-order valence-electron chi connectivity index (χ0n) is 16.2. The van der Waals surface area contributed by atoms with E-state index in [1.807, 2.05) is 54.6 Å². The van der Waals surface area contributed by atoms with Crippen LogP contribution in [0.1, 0.15) is 16.4 Å². The van der Waals surface area contributed by atoms with E-state index < -0.39 is 10.0 Å². The van der Waals surface area contributed by atoms with Crippen molar-refractivity contribution >= 4 is 50.7 Å². The number of halogens is 1. The van der Waals surface area contributed by atoms with Gasteiger partial charge >= 0.3 is 0 Å². The zero-order valence-corrected chi connectivity index (χ0v) is 18.6. The highest BCUT2D eigenvalue weighted by Gasteiger charge is 2.16. The summed E-state index contributed by atoms with van der Waals surface area (Å²) in [5, 5.41) is 3.51. The second-order valence-electron chi connectivity index (χ2n) is 6.65. The van der Waals surface area contributed by atoms with Gasteiger partial charge in [0.15, 0.2) is 0 Å². The molecule has 1 atom stereocenters. The average Bonchev–Trinajstić information content (AvgIpc) is 2.71. The normalized spacial score (nSPS) is 12.2. The van der Waals surface area contributed by atoms with Crippen LogP contribution in [0.4, 0.5) is 11.4 Å². The minimum atomic E-state index is -3.34. The maximum atomic E-state index is 12.5. The molecule has 3 rings (SSSR count). The fourth-order valence-corrected chi connectivity index (χ4v) is 4.62. The molecule has 1 amide bonds. The van der Waals surface area contributed by atoms with E-state index in [1.165, 1.54) is 11.8 Å². The summed E-state index contributed by atoms with van der Waals surface area (Å²) in [5.41, 5.74) is 3.22. The number of carbonyl (C=O) groups is 1. The van der Waals surface area contributed by atoms with Crippen molar-refractivity contribution in [1.29, 1.82) is 0 Å². The molecule has 0 radical (unpaired) electrons. The van der Waals surface area contributed by atoms with E-state index in [-0.39, 0.29) is 16.9 Å². The molecule has 2 N–H and O–H groups in total. The largest absolute Gasteiger partial charge is 0.325 e. The molecule has 30 heavy (non-hydrogen) atoms. The van der Waals surface area contributed by atoms with Crippen LogP contribution in [0, 0.1) is 0 Å². The number of rotatable bonds is 8. The Kier molecular flexibility index (Phi) is 7.42. The van der Waals surface area contributed by atoms with Crippen LogP contribution in [0.15, 0.2) is 78.9 Å². The van der Waals surface area contributed by atoms with Gasteiger partial charge in [0.05, 0.1) is 17.3 Å². The molecule has 3 aromatic carbocycles. The van der Waals surface area contributed by atoms with Gasteiger partial charge in [-0.1, -0.05) is 54.1 Å². The third kappa shape index (κ3) is 6.79. The highest BCUT2D eigenvalue weighted by atomic mass is 35.5. The predicted molar refractivity (Wildman–Crippen MR) is 126 cm³/mol. The highest BCUT2D eigenvalue weighted by Crippen LogP contribution is 2.36. The van der Waals surface area contributed by atoms with Gasteiger partial charge in [-0.05, 0) is 47.5 Å². The highest BCUT2D eigenvalue weighted by molar-refractivity contribution is 8.00. The van der Waals surface area contributed by atoms with Gasteiger partial charge in [0, 0.05) is 16.4 Å². The number of anilines is 2. The van der Waals surface area contributed by atoms with Crippen LogP contribution >= 0.6 is 23.4 Å². The van der Waals surface area contributed by atoms with Gasteiger partial charge in [-0.25, -0.2) is 8.42 Å².